The van der Waals surface area contributed by atoms with Gasteiger partial charge < -0.3 is 20.1 Å². The van der Waals surface area contributed by atoms with Crippen LogP contribution in [0.5, 0.6) is 0 Å². The molecule has 0 bridgehead atoms. The van der Waals surface area contributed by atoms with Crippen LogP contribution in [-0.2, 0) is 23.9 Å². The number of carbonyl (C=O) groups excluding carboxylic acids is 4. The molecule has 1 aromatic carbocycles. The molecule has 0 saturated heterocycles. The zero-order chi connectivity index (χ0) is 19.0. The Morgan fingerprint density at radius 3 is 2.20 bits per heavy atom. The molecule has 0 fully saturated rings. The lowest BCUT2D eigenvalue weighted by Gasteiger charge is -2.20. The normalized spacial score (nSPS) is 12.5. The van der Waals surface area contributed by atoms with Crippen LogP contribution in [0.25, 0.3) is 0 Å². The van der Waals surface area contributed by atoms with E-state index in [1.54, 1.807) is 25.1 Å². The molecule has 0 spiro atoms. The highest BCUT2D eigenvalue weighted by molar-refractivity contribution is 6.04. The molecule has 0 radical (unpaired) electrons. The van der Waals surface area contributed by atoms with E-state index in [1.165, 1.54) is 27.2 Å². The van der Waals surface area contributed by atoms with E-state index < -0.39 is 29.8 Å². The monoisotopic (exact) mass is 350 g/mol. The molecule has 8 heteroatoms. The molecule has 0 heterocycles. The summed E-state index contributed by atoms with van der Waals surface area (Å²) in [5.74, 6) is -2.69. The summed E-state index contributed by atoms with van der Waals surface area (Å²) < 4.78 is 9.31. The lowest BCUT2D eigenvalue weighted by molar-refractivity contribution is -0.147. The van der Waals surface area contributed by atoms with Crippen molar-refractivity contribution in [2.45, 2.75) is 26.3 Å². The highest BCUT2D eigenvalue weighted by Gasteiger charge is 2.28. The molecular weight excluding hydrogens is 328 g/mol. The fraction of sp³-hybridized carbons (Fsp3) is 0.412. The molecule has 0 aliphatic rings. The van der Waals surface area contributed by atoms with E-state index in [1.807, 2.05) is 0 Å². The van der Waals surface area contributed by atoms with E-state index in [2.05, 4.69) is 20.1 Å². The predicted octanol–water partition coefficient (Wildman–Crippen LogP) is 1.12. The van der Waals surface area contributed by atoms with Gasteiger partial charge in [0, 0.05) is 6.92 Å². The fourth-order valence-electron chi connectivity index (χ4n) is 2.22. The van der Waals surface area contributed by atoms with Crippen LogP contribution < -0.4 is 10.6 Å². The van der Waals surface area contributed by atoms with Crippen LogP contribution in [0, 0.1) is 5.92 Å². The first-order valence-corrected chi connectivity index (χ1v) is 7.63. The van der Waals surface area contributed by atoms with Crippen molar-refractivity contribution in [3.8, 4) is 0 Å². The minimum Gasteiger partial charge on any atom is -0.469 e. The number of nitrogens with one attached hydrogen (secondary N) is 2. The number of hydrogen-bond donors (Lipinski definition) is 2. The number of benzene rings is 1. The van der Waals surface area contributed by atoms with Gasteiger partial charge in [-0.25, -0.2) is 4.79 Å². The number of para-hydroxylation sites is 1. The predicted molar refractivity (Wildman–Crippen MR) is 89.8 cm³/mol. The quantitative estimate of drug-likeness (QED) is 0.713. The van der Waals surface area contributed by atoms with Crippen LogP contribution in [0.3, 0.4) is 0 Å². The molecule has 8 nitrogen and oxygen atoms in total. The third-order valence-electron chi connectivity index (χ3n) is 3.47. The van der Waals surface area contributed by atoms with E-state index in [-0.39, 0.29) is 17.9 Å². The second kappa shape index (κ2) is 9.41. The van der Waals surface area contributed by atoms with Crippen molar-refractivity contribution in [3.63, 3.8) is 0 Å². The molecule has 0 unspecified atom stereocenters. The Morgan fingerprint density at radius 2 is 1.64 bits per heavy atom. The molecular formula is C17H22N2O6. The molecule has 0 saturated carbocycles. The zero-order valence-corrected chi connectivity index (χ0v) is 14.6. The smallest absolute Gasteiger partial charge is 0.328 e. The Bertz CT molecular complexity index is 658. The zero-order valence-electron chi connectivity index (χ0n) is 14.6. The van der Waals surface area contributed by atoms with Crippen LogP contribution in [0.1, 0.15) is 30.6 Å². The average Bonchev–Trinajstić information content (AvgIpc) is 2.59. The highest BCUT2D eigenvalue weighted by atomic mass is 16.5. The van der Waals surface area contributed by atoms with E-state index in [0.29, 0.717) is 5.69 Å². The Labute approximate surface area is 145 Å². The second-order valence-electron chi connectivity index (χ2n) is 5.44. The van der Waals surface area contributed by atoms with Gasteiger partial charge >= 0.3 is 11.9 Å². The fourth-order valence-corrected chi connectivity index (χ4v) is 2.22. The summed E-state index contributed by atoms with van der Waals surface area (Å²) in [6, 6.07) is 5.35. The Morgan fingerprint density at radius 1 is 1.04 bits per heavy atom. The summed E-state index contributed by atoms with van der Waals surface area (Å²) in [7, 11) is 2.43. The van der Waals surface area contributed by atoms with Gasteiger partial charge in [-0.3, -0.25) is 14.4 Å². The summed E-state index contributed by atoms with van der Waals surface area (Å²) in [5, 5.41) is 5.08. The van der Waals surface area contributed by atoms with Gasteiger partial charge in [-0.2, -0.15) is 0 Å². The first-order chi connectivity index (χ1) is 11.8. The third kappa shape index (κ3) is 5.91. The van der Waals surface area contributed by atoms with Crippen molar-refractivity contribution in [1.82, 2.24) is 5.32 Å². The van der Waals surface area contributed by atoms with E-state index in [0.717, 1.165) is 0 Å². The molecule has 0 aliphatic heterocycles. The number of hydrogen-bond acceptors (Lipinski definition) is 6. The van der Waals surface area contributed by atoms with Crippen molar-refractivity contribution in [1.29, 1.82) is 0 Å². The van der Waals surface area contributed by atoms with Crippen LogP contribution in [0.2, 0.25) is 0 Å². The molecule has 1 rings (SSSR count). The molecule has 0 aromatic heterocycles. The average molecular weight is 350 g/mol. The minimum atomic E-state index is -1.03. The van der Waals surface area contributed by atoms with Gasteiger partial charge in [0.2, 0.25) is 5.91 Å². The summed E-state index contributed by atoms with van der Waals surface area (Å²) in [4.78, 5) is 47.2. The SMILES string of the molecule is COC(=O)[C@@H](C)C[C@@H](NC(=O)c1ccccc1NC(C)=O)C(=O)OC. The van der Waals surface area contributed by atoms with Gasteiger partial charge in [0.05, 0.1) is 31.4 Å². The Balaban J connectivity index is 2.97. The van der Waals surface area contributed by atoms with Crippen molar-refractivity contribution in [3.05, 3.63) is 29.8 Å². The highest BCUT2D eigenvalue weighted by Crippen LogP contribution is 2.16. The maximum absolute atomic E-state index is 12.5. The van der Waals surface area contributed by atoms with E-state index in [4.69, 9.17) is 0 Å². The van der Waals surface area contributed by atoms with Crippen LogP contribution in [0.15, 0.2) is 24.3 Å². The summed E-state index contributed by atoms with van der Waals surface area (Å²) in [5.41, 5.74) is 0.509. The van der Waals surface area contributed by atoms with Gasteiger partial charge in [-0.15, -0.1) is 0 Å². The molecule has 136 valence electrons. The molecule has 25 heavy (non-hydrogen) atoms. The van der Waals surface area contributed by atoms with Gasteiger partial charge in [-0.05, 0) is 18.6 Å². The largest absolute Gasteiger partial charge is 0.469 e. The summed E-state index contributed by atoms with van der Waals surface area (Å²) >= 11 is 0. The number of ether oxygens (including phenoxy) is 2. The van der Waals surface area contributed by atoms with Gasteiger partial charge in [0.15, 0.2) is 0 Å². The topological polar surface area (TPSA) is 111 Å². The molecule has 1 aromatic rings. The van der Waals surface area contributed by atoms with Crippen molar-refractivity contribution >= 4 is 29.4 Å². The first-order valence-electron chi connectivity index (χ1n) is 7.63. The van der Waals surface area contributed by atoms with Crippen LogP contribution >= 0.6 is 0 Å². The first kappa shape index (κ1) is 20.1. The number of anilines is 1. The lowest BCUT2D eigenvalue weighted by Crippen LogP contribution is -2.43. The number of amides is 2. The third-order valence-corrected chi connectivity index (χ3v) is 3.47. The molecule has 2 amide bonds. The minimum absolute atomic E-state index is 0.0212. The maximum atomic E-state index is 12.5. The molecule has 2 atom stereocenters. The van der Waals surface area contributed by atoms with Gasteiger partial charge in [0.1, 0.15) is 6.04 Å². The Kier molecular flexibility index (Phi) is 7.58. The van der Waals surface area contributed by atoms with Crippen LogP contribution in [0.4, 0.5) is 5.69 Å². The van der Waals surface area contributed by atoms with Gasteiger partial charge in [0.25, 0.3) is 5.91 Å². The van der Waals surface area contributed by atoms with Crippen molar-refractivity contribution in [2.75, 3.05) is 19.5 Å². The number of methoxy groups -OCH3 is 2. The second-order valence-corrected chi connectivity index (χ2v) is 5.44. The Hall–Kier alpha value is -2.90. The van der Waals surface area contributed by atoms with Crippen LogP contribution in [-0.4, -0.2) is 44.0 Å². The number of rotatable bonds is 7. The summed E-state index contributed by atoms with van der Waals surface area (Å²) in [6.45, 7) is 2.91. The van der Waals surface area contributed by atoms with Crippen molar-refractivity contribution in [2.24, 2.45) is 5.92 Å². The van der Waals surface area contributed by atoms with E-state index in [9.17, 15) is 19.2 Å². The maximum Gasteiger partial charge on any atom is 0.328 e. The number of esters is 2. The lowest BCUT2D eigenvalue weighted by atomic mass is 10.0. The summed E-state index contributed by atoms with van der Waals surface area (Å²) in [6.07, 6.45) is 0.0212. The number of carbonyl (C=O) groups is 4. The molecule has 2 N–H and O–H groups in total. The standard InChI is InChI=1S/C17H22N2O6/c1-10(16(22)24-3)9-14(17(23)25-4)19-15(21)12-7-5-6-8-13(12)18-11(2)20/h5-8,10,14H,9H2,1-4H3,(H,18,20)(H,19,21)/t10-,14+/m0/s1. The van der Waals surface area contributed by atoms with E-state index >= 15 is 0 Å². The molecule has 0 aliphatic carbocycles. The van der Waals surface area contributed by atoms with Gasteiger partial charge in [-0.1, -0.05) is 19.1 Å². The van der Waals surface area contributed by atoms with Crippen molar-refractivity contribution < 1.29 is 28.7 Å².